The molecule has 0 unspecified atom stereocenters. The number of carbonyl (C=O) groups excluding carboxylic acids is 2. The van der Waals surface area contributed by atoms with Crippen molar-refractivity contribution < 1.29 is 28.5 Å². The average molecular weight is 333 g/mol. The predicted molar refractivity (Wildman–Crippen MR) is 82.4 cm³/mol. The van der Waals surface area contributed by atoms with Crippen molar-refractivity contribution in [1.82, 2.24) is 0 Å². The summed E-state index contributed by atoms with van der Waals surface area (Å²) < 4.78 is 20.5. The molecule has 0 radical (unpaired) electrons. The molecule has 2 rings (SSSR count). The van der Waals surface area contributed by atoms with Crippen LogP contribution in [0.15, 0.2) is 18.2 Å². The van der Waals surface area contributed by atoms with Gasteiger partial charge in [-0.2, -0.15) is 5.26 Å². The molecule has 0 amide bonds. The topological polar surface area (TPSA) is 94.9 Å². The van der Waals surface area contributed by atoms with Gasteiger partial charge in [0, 0.05) is 0 Å². The summed E-state index contributed by atoms with van der Waals surface area (Å²) >= 11 is 0. The van der Waals surface area contributed by atoms with Gasteiger partial charge in [0.2, 0.25) is 6.79 Å². The molecule has 128 valence electrons. The average Bonchev–Trinajstić information content (AvgIpc) is 3.02. The van der Waals surface area contributed by atoms with E-state index in [2.05, 4.69) is 6.07 Å². The van der Waals surface area contributed by atoms with Crippen LogP contribution in [-0.2, 0) is 24.5 Å². The zero-order chi connectivity index (χ0) is 17.6. The van der Waals surface area contributed by atoms with Crippen LogP contribution in [0, 0.1) is 11.3 Å². The van der Waals surface area contributed by atoms with Gasteiger partial charge in [0.25, 0.3) is 0 Å². The Bertz CT molecular complexity index is 644. The summed E-state index contributed by atoms with van der Waals surface area (Å²) in [7, 11) is 0. The number of fused-ring (bicyclic) bond motifs is 1. The Labute approximate surface area is 140 Å². The van der Waals surface area contributed by atoms with Crippen molar-refractivity contribution >= 4 is 11.9 Å². The van der Waals surface area contributed by atoms with Crippen LogP contribution in [0.3, 0.4) is 0 Å². The van der Waals surface area contributed by atoms with Crippen molar-refractivity contribution in [3.05, 3.63) is 23.8 Å². The molecule has 1 aromatic carbocycles. The first-order valence-electron chi connectivity index (χ1n) is 7.67. The van der Waals surface area contributed by atoms with E-state index in [0.717, 1.165) is 0 Å². The molecule has 0 spiro atoms. The lowest BCUT2D eigenvalue weighted by Crippen LogP contribution is -2.32. The number of nitrogens with zero attached hydrogens (tertiary/aromatic N) is 1. The summed E-state index contributed by atoms with van der Waals surface area (Å²) in [6.45, 7) is 3.84. The predicted octanol–water partition coefficient (Wildman–Crippen LogP) is 2.08. The summed E-state index contributed by atoms with van der Waals surface area (Å²) in [5, 5.41) is 9.78. The Morgan fingerprint density at radius 2 is 1.71 bits per heavy atom. The van der Waals surface area contributed by atoms with Crippen LogP contribution in [0.2, 0.25) is 0 Å². The van der Waals surface area contributed by atoms with Gasteiger partial charge >= 0.3 is 11.9 Å². The molecular weight excluding hydrogens is 314 g/mol. The van der Waals surface area contributed by atoms with Crippen molar-refractivity contribution in [3.63, 3.8) is 0 Å². The molecule has 0 saturated heterocycles. The van der Waals surface area contributed by atoms with E-state index in [0.29, 0.717) is 17.1 Å². The van der Waals surface area contributed by atoms with Crippen molar-refractivity contribution in [2.24, 2.45) is 0 Å². The Kier molecular flexibility index (Phi) is 5.64. The lowest BCUT2D eigenvalue weighted by atomic mass is 9.76. The van der Waals surface area contributed by atoms with Crippen molar-refractivity contribution in [1.29, 1.82) is 5.26 Å². The molecule has 0 aromatic heterocycles. The SMILES string of the molecule is CCOC(=O)CC(C#N)(CC(=O)OCC)c1ccc2c(c1)OCO2. The van der Waals surface area contributed by atoms with Gasteiger partial charge in [-0.1, -0.05) is 6.07 Å². The maximum atomic E-state index is 12.0. The third-order valence-electron chi connectivity index (χ3n) is 3.64. The zero-order valence-electron chi connectivity index (χ0n) is 13.7. The highest BCUT2D eigenvalue weighted by Crippen LogP contribution is 2.39. The molecule has 0 atom stereocenters. The van der Waals surface area contributed by atoms with Crippen LogP contribution in [0.25, 0.3) is 0 Å². The van der Waals surface area contributed by atoms with E-state index in [1.165, 1.54) is 0 Å². The minimum atomic E-state index is -1.39. The fourth-order valence-electron chi connectivity index (χ4n) is 2.52. The molecule has 24 heavy (non-hydrogen) atoms. The van der Waals surface area contributed by atoms with E-state index < -0.39 is 17.4 Å². The molecule has 7 heteroatoms. The van der Waals surface area contributed by atoms with Crippen LogP contribution in [0.5, 0.6) is 11.5 Å². The standard InChI is InChI=1S/C17H19NO6/c1-3-21-15(19)8-17(10-18,9-16(20)22-4-2)12-5-6-13-14(7-12)24-11-23-13/h5-7H,3-4,8-9,11H2,1-2H3. The zero-order valence-corrected chi connectivity index (χ0v) is 13.7. The number of benzene rings is 1. The van der Waals surface area contributed by atoms with Gasteiger partial charge in [-0.05, 0) is 31.5 Å². The van der Waals surface area contributed by atoms with Crippen molar-refractivity contribution in [2.75, 3.05) is 20.0 Å². The molecule has 1 heterocycles. The van der Waals surface area contributed by atoms with Crippen LogP contribution < -0.4 is 9.47 Å². The first kappa shape index (κ1) is 17.6. The van der Waals surface area contributed by atoms with E-state index in [1.54, 1.807) is 32.0 Å². The van der Waals surface area contributed by atoms with Gasteiger partial charge in [0.1, 0.15) is 5.41 Å². The van der Waals surface area contributed by atoms with Gasteiger partial charge in [0.05, 0.1) is 32.1 Å². The van der Waals surface area contributed by atoms with Gasteiger partial charge in [-0.15, -0.1) is 0 Å². The summed E-state index contributed by atoms with van der Waals surface area (Å²) in [6, 6.07) is 7.02. The maximum Gasteiger partial charge on any atom is 0.307 e. The molecule has 0 fully saturated rings. The minimum Gasteiger partial charge on any atom is -0.466 e. The molecule has 0 bridgehead atoms. The van der Waals surface area contributed by atoms with Crippen molar-refractivity contribution in [3.8, 4) is 17.6 Å². The molecule has 1 aromatic rings. The summed E-state index contributed by atoms with van der Waals surface area (Å²) in [5.74, 6) is -0.0836. The highest BCUT2D eigenvalue weighted by Gasteiger charge is 2.39. The summed E-state index contributed by atoms with van der Waals surface area (Å²) in [5.41, 5.74) is -0.908. The van der Waals surface area contributed by atoms with Gasteiger partial charge < -0.3 is 18.9 Å². The fourth-order valence-corrected chi connectivity index (χ4v) is 2.52. The fraction of sp³-hybridized carbons (Fsp3) is 0.471. The molecule has 0 N–H and O–H groups in total. The number of rotatable bonds is 7. The smallest absolute Gasteiger partial charge is 0.307 e. The maximum absolute atomic E-state index is 12.0. The van der Waals surface area contributed by atoms with E-state index in [9.17, 15) is 14.9 Å². The van der Waals surface area contributed by atoms with Crippen LogP contribution in [-0.4, -0.2) is 31.9 Å². The second-order valence-electron chi connectivity index (χ2n) is 5.23. The monoisotopic (exact) mass is 333 g/mol. The normalized spacial score (nSPS) is 12.4. The number of carbonyl (C=O) groups is 2. The van der Waals surface area contributed by atoms with Crippen LogP contribution in [0.1, 0.15) is 32.3 Å². The Balaban J connectivity index is 2.38. The number of hydrogen-bond acceptors (Lipinski definition) is 7. The largest absolute Gasteiger partial charge is 0.466 e. The third kappa shape index (κ3) is 3.77. The second kappa shape index (κ2) is 7.68. The molecule has 1 aliphatic rings. The number of ether oxygens (including phenoxy) is 4. The molecule has 1 aliphatic heterocycles. The lowest BCUT2D eigenvalue weighted by molar-refractivity contribution is -0.146. The molecule has 0 saturated carbocycles. The highest BCUT2D eigenvalue weighted by molar-refractivity contribution is 5.78. The van der Waals surface area contributed by atoms with Crippen LogP contribution >= 0.6 is 0 Å². The second-order valence-corrected chi connectivity index (χ2v) is 5.23. The number of nitriles is 1. The first-order chi connectivity index (χ1) is 11.5. The van der Waals surface area contributed by atoms with Crippen LogP contribution in [0.4, 0.5) is 0 Å². The van der Waals surface area contributed by atoms with Gasteiger partial charge in [-0.25, -0.2) is 0 Å². The molecule has 7 nitrogen and oxygen atoms in total. The summed E-state index contributed by atoms with van der Waals surface area (Å²) in [6.07, 6.45) is -0.508. The molecular formula is C17H19NO6. The summed E-state index contributed by atoms with van der Waals surface area (Å²) in [4.78, 5) is 24.0. The Morgan fingerprint density at radius 1 is 1.12 bits per heavy atom. The Morgan fingerprint density at radius 3 is 2.25 bits per heavy atom. The minimum absolute atomic E-state index is 0.0914. The van der Waals surface area contributed by atoms with Gasteiger partial charge in [-0.3, -0.25) is 9.59 Å². The Hall–Kier alpha value is -2.75. The van der Waals surface area contributed by atoms with E-state index in [4.69, 9.17) is 18.9 Å². The lowest BCUT2D eigenvalue weighted by Gasteiger charge is -2.25. The van der Waals surface area contributed by atoms with E-state index in [1.807, 2.05) is 0 Å². The molecule has 0 aliphatic carbocycles. The number of hydrogen-bond donors (Lipinski definition) is 0. The van der Waals surface area contributed by atoms with Crippen molar-refractivity contribution in [2.45, 2.75) is 32.1 Å². The highest BCUT2D eigenvalue weighted by atomic mass is 16.7. The number of esters is 2. The van der Waals surface area contributed by atoms with Gasteiger partial charge in [0.15, 0.2) is 11.5 Å². The quantitative estimate of drug-likeness (QED) is 0.705. The third-order valence-corrected chi connectivity index (χ3v) is 3.64. The first-order valence-corrected chi connectivity index (χ1v) is 7.67. The van der Waals surface area contributed by atoms with E-state index >= 15 is 0 Å². The van der Waals surface area contributed by atoms with E-state index in [-0.39, 0.29) is 32.8 Å².